The smallest absolute Gasteiger partial charge is 0.165 e. The molecule has 1 aromatic heterocycles. The van der Waals surface area contributed by atoms with Crippen LogP contribution in [0.15, 0.2) is 35.9 Å². The highest BCUT2D eigenvalue weighted by Gasteiger charge is 2.17. The standard InChI is InChI=1S/C21H23N3O/c1-15-8-7-10-16-18(14-15)22-20(17-9-3-4-11-19(17)25)23-21(16)24-12-5-2-6-13-24/h3-4,8-11,14,25H,2,5-7,12-13H2,1H3. The van der Waals surface area contributed by atoms with Crippen LogP contribution in [-0.4, -0.2) is 28.2 Å². The topological polar surface area (TPSA) is 49.2 Å². The van der Waals surface area contributed by atoms with Crippen LogP contribution in [0.1, 0.15) is 32.6 Å². The number of rotatable bonds is 2. The average molecular weight is 333 g/mol. The lowest BCUT2D eigenvalue weighted by Gasteiger charge is -2.28. The molecule has 0 unspecified atom stereocenters. The van der Waals surface area contributed by atoms with E-state index in [-0.39, 0.29) is 5.75 Å². The molecule has 0 radical (unpaired) electrons. The molecule has 4 nitrogen and oxygen atoms in total. The Morgan fingerprint density at radius 3 is 2.60 bits per heavy atom. The molecule has 1 aromatic carbocycles. The van der Waals surface area contributed by atoms with Gasteiger partial charge in [-0.05, 0) is 50.8 Å². The first-order valence-corrected chi connectivity index (χ1v) is 9.02. The van der Waals surface area contributed by atoms with E-state index in [9.17, 15) is 5.11 Å². The third-order valence-electron chi connectivity index (χ3n) is 4.88. The Bertz CT molecular complexity index is 940. The summed E-state index contributed by atoms with van der Waals surface area (Å²) < 4.78 is 0. The number of phenolic OH excluding ortho intramolecular Hbond substituents is 1. The normalized spacial score (nSPS) is 17.0. The van der Waals surface area contributed by atoms with E-state index in [0.29, 0.717) is 11.4 Å². The Hall–Kier alpha value is -2.62. The van der Waals surface area contributed by atoms with E-state index in [1.54, 1.807) is 6.07 Å². The number of aromatic nitrogens is 2. The van der Waals surface area contributed by atoms with Crippen molar-refractivity contribution < 1.29 is 5.11 Å². The molecule has 0 saturated carbocycles. The van der Waals surface area contributed by atoms with Crippen LogP contribution in [0.5, 0.6) is 5.75 Å². The van der Waals surface area contributed by atoms with Gasteiger partial charge in [-0.3, -0.25) is 0 Å². The lowest BCUT2D eigenvalue weighted by atomic mass is 10.1. The Kier molecular flexibility index (Phi) is 4.26. The molecule has 1 saturated heterocycles. The Morgan fingerprint density at radius 2 is 1.80 bits per heavy atom. The number of allylic oxidation sites excluding steroid dienone is 2. The molecule has 1 aliphatic carbocycles. The van der Waals surface area contributed by atoms with Crippen molar-refractivity contribution in [3.63, 3.8) is 0 Å². The van der Waals surface area contributed by atoms with E-state index in [1.165, 1.54) is 24.8 Å². The van der Waals surface area contributed by atoms with Gasteiger partial charge in [0.2, 0.25) is 0 Å². The van der Waals surface area contributed by atoms with E-state index in [2.05, 4.69) is 30.1 Å². The van der Waals surface area contributed by atoms with Crippen LogP contribution in [0.25, 0.3) is 23.5 Å². The van der Waals surface area contributed by atoms with Crippen LogP contribution < -0.4 is 15.5 Å². The van der Waals surface area contributed by atoms with Crippen molar-refractivity contribution in [2.45, 2.75) is 32.6 Å². The van der Waals surface area contributed by atoms with Crippen LogP contribution in [0, 0.1) is 0 Å². The van der Waals surface area contributed by atoms with Crippen molar-refractivity contribution in [1.29, 1.82) is 0 Å². The first-order valence-electron chi connectivity index (χ1n) is 9.02. The van der Waals surface area contributed by atoms with Crippen molar-refractivity contribution in [1.82, 2.24) is 9.97 Å². The summed E-state index contributed by atoms with van der Waals surface area (Å²) in [5, 5.41) is 12.3. The van der Waals surface area contributed by atoms with Crippen molar-refractivity contribution >= 4 is 18.0 Å². The van der Waals surface area contributed by atoms with Crippen molar-refractivity contribution in [3.8, 4) is 17.1 Å². The number of phenols is 1. The first-order chi connectivity index (χ1) is 12.2. The third kappa shape index (κ3) is 3.16. The molecular weight excluding hydrogens is 310 g/mol. The van der Waals surface area contributed by atoms with E-state index in [0.717, 1.165) is 35.9 Å². The maximum Gasteiger partial charge on any atom is 0.165 e. The van der Waals surface area contributed by atoms with Crippen molar-refractivity contribution in [2.75, 3.05) is 18.0 Å². The molecular formula is C21H23N3O. The fourth-order valence-electron chi connectivity index (χ4n) is 3.55. The molecule has 25 heavy (non-hydrogen) atoms. The van der Waals surface area contributed by atoms with Gasteiger partial charge < -0.3 is 10.0 Å². The minimum atomic E-state index is 0.219. The van der Waals surface area contributed by atoms with Gasteiger partial charge in [0, 0.05) is 18.3 Å². The number of hydrogen-bond donors (Lipinski definition) is 1. The summed E-state index contributed by atoms with van der Waals surface area (Å²) in [6.45, 7) is 4.17. The highest BCUT2D eigenvalue weighted by Crippen LogP contribution is 2.26. The molecule has 0 spiro atoms. The molecule has 4 heteroatoms. The van der Waals surface area contributed by atoms with Crippen LogP contribution in [0.4, 0.5) is 5.82 Å². The van der Waals surface area contributed by atoms with Gasteiger partial charge in [-0.1, -0.05) is 29.9 Å². The second-order valence-electron chi connectivity index (χ2n) is 6.77. The van der Waals surface area contributed by atoms with Crippen molar-refractivity contribution in [2.24, 2.45) is 0 Å². The van der Waals surface area contributed by atoms with Gasteiger partial charge >= 0.3 is 0 Å². The summed E-state index contributed by atoms with van der Waals surface area (Å²) in [6.07, 6.45) is 11.1. The summed E-state index contributed by atoms with van der Waals surface area (Å²) >= 11 is 0. The lowest BCUT2D eigenvalue weighted by molar-refractivity contribution is 0.477. The number of benzene rings is 1. The minimum Gasteiger partial charge on any atom is -0.507 e. The van der Waals surface area contributed by atoms with Crippen LogP contribution in [-0.2, 0) is 0 Å². The molecule has 2 aromatic rings. The largest absolute Gasteiger partial charge is 0.507 e. The van der Waals surface area contributed by atoms with Gasteiger partial charge in [-0.2, -0.15) is 0 Å². The van der Waals surface area contributed by atoms with Gasteiger partial charge in [-0.15, -0.1) is 0 Å². The number of hydrogen-bond acceptors (Lipinski definition) is 4. The molecule has 4 rings (SSSR count). The van der Waals surface area contributed by atoms with Gasteiger partial charge in [-0.25, -0.2) is 9.97 Å². The number of piperidine rings is 1. The molecule has 0 amide bonds. The van der Waals surface area contributed by atoms with E-state index < -0.39 is 0 Å². The zero-order valence-electron chi connectivity index (χ0n) is 14.6. The predicted octanol–water partition coefficient (Wildman–Crippen LogP) is 2.75. The molecule has 0 atom stereocenters. The second-order valence-corrected chi connectivity index (χ2v) is 6.77. The predicted molar refractivity (Wildman–Crippen MR) is 102 cm³/mol. The van der Waals surface area contributed by atoms with E-state index in [1.807, 2.05) is 18.2 Å². The van der Waals surface area contributed by atoms with E-state index in [4.69, 9.17) is 9.97 Å². The van der Waals surface area contributed by atoms with Crippen LogP contribution in [0.2, 0.25) is 0 Å². The maximum absolute atomic E-state index is 10.3. The van der Waals surface area contributed by atoms with Crippen molar-refractivity contribution in [3.05, 3.63) is 46.5 Å². The highest BCUT2D eigenvalue weighted by molar-refractivity contribution is 5.66. The quantitative estimate of drug-likeness (QED) is 0.918. The molecule has 1 aliphatic heterocycles. The van der Waals surface area contributed by atoms with Gasteiger partial charge in [0.25, 0.3) is 0 Å². The zero-order valence-corrected chi connectivity index (χ0v) is 14.6. The minimum absolute atomic E-state index is 0.219. The molecule has 2 heterocycles. The summed E-state index contributed by atoms with van der Waals surface area (Å²) in [5.74, 6) is 1.82. The second kappa shape index (κ2) is 6.71. The maximum atomic E-state index is 10.3. The SMILES string of the molecule is CC1=CCC=c2c(N3CCCCC3)nc(-c3ccccc3O)nc2=C1. The number of anilines is 1. The Balaban J connectivity index is 1.96. The fourth-order valence-corrected chi connectivity index (χ4v) is 3.55. The third-order valence-corrected chi connectivity index (χ3v) is 4.88. The van der Waals surface area contributed by atoms with E-state index >= 15 is 0 Å². The molecule has 1 N–H and O–H groups in total. The highest BCUT2D eigenvalue weighted by atomic mass is 16.3. The molecule has 128 valence electrons. The molecule has 0 bridgehead atoms. The number of aromatic hydroxyl groups is 1. The number of para-hydroxylation sites is 1. The Labute approximate surface area is 147 Å². The lowest BCUT2D eigenvalue weighted by Crippen LogP contribution is -2.40. The number of fused-ring (bicyclic) bond motifs is 1. The van der Waals surface area contributed by atoms with Gasteiger partial charge in [0.15, 0.2) is 5.82 Å². The molecule has 1 fully saturated rings. The van der Waals surface area contributed by atoms with Gasteiger partial charge in [0.1, 0.15) is 11.6 Å². The van der Waals surface area contributed by atoms with Crippen LogP contribution >= 0.6 is 0 Å². The summed E-state index contributed by atoms with van der Waals surface area (Å²) in [5.41, 5.74) is 1.89. The first kappa shape index (κ1) is 15.9. The molecule has 2 aliphatic rings. The monoisotopic (exact) mass is 333 g/mol. The van der Waals surface area contributed by atoms with Gasteiger partial charge in [0.05, 0.1) is 10.9 Å². The van der Waals surface area contributed by atoms with Crippen LogP contribution in [0.3, 0.4) is 0 Å². The zero-order chi connectivity index (χ0) is 17.2. The number of nitrogens with zero attached hydrogens (tertiary/aromatic N) is 3. The summed E-state index contributed by atoms with van der Waals surface area (Å²) in [7, 11) is 0. The Morgan fingerprint density at radius 1 is 1.00 bits per heavy atom. The fraction of sp³-hybridized carbons (Fsp3) is 0.333. The average Bonchev–Trinajstić information content (AvgIpc) is 2.82. The summed E-state index contributed by atoms with van der Waals surface area (Å²) in [6, 6.07) is 7.29. The summed E-state index contributed by atoms with van der Waals surface area (Å²) in [4.78, 5) is 12.0.